The molecule has 1 heterocycles. The summed E-state index contributed by atoms with van der Waals surface area (Å²) >= 11 is 0. The van der Waals surface area contributed by atoms with Crippen LogP contribution in [0.3, 0.4) is 0 Å². The quantitative estimate of drug-likeness (QED) is 0.816. The van der Waals surface area contributed by atoms with Crippen LogP contribution in [0, 0.1) is 0 Å². The third-order valence-corrected chi connectivity index (χ3v) is 5.77. The van der Waals surface area contributed by atoms with E-state index >= 15 is 0 Å². The first kappa shape index (κ1) is 18.7. The fourth-order valence-electron chi connectivity index (χ4n) is 2.94. The Morgan fingerprint density at radius 1 is 1.33 bits per heavy atom. The molecule has 1 amide bonds. The van der Waals surface area contributed by atoms with Crippen LogP contribution in [-0.2, 0) is 10.0 Å². The van der Waals surface area contributed by atoms with E-state index in [1.807, 2.05) is 13.8 Å². The standard InChI is InChI=1S/C17H26N2O4S/c1-4-7-13(2)18-24(21,22)14-8-9-16(23-3)15(12-14)17(20)19-10-5-6-11-19/h8-9,12-13,18H,4-7,10-11H2,1-3H3/t13-/m1/s1. The average Bonchev–Trinajstić information content (AvgIpc) is 3.07. The van der Waals surface area contributed by atoms with Crippen LogP contribution in [0.25, 0.3) is 0 Å². The predicted octanol–water partition coefficient (Wildman–Crippen LogP) is 2.40. The van der Waals surface area contributed by atoms with Gasteiger partial charge in [-0.25, -0.2) is 13.1 Å². The molecule has 0 radical (unpaired) electrons. The lowest BCUT2D eigenvalue weighted by Crippen LogP contribution is -2.33. The Morgan fingerprint density at radius 2 is 2.00 bits per heavy atom. The van der Waals surface area contributed by atoms with Crippen molar-refractivity contribution in [2.24, 2.45) is 0 Å². The van der Waals surface area contributed by atoms with E-state index in [4.69, 9.17) is 4.74 Å². The molecule has 1 aromatic carbocycles. The normalized spacial score (nSPS) is 16.2. The molecule has 134 valence electrons. The lowest BCUT2D eigenvalue weighted by atomic mass is 10.1. The second-order valence-electron chi connectivity index (χ2n) is 6.17. The topological polar surface area (TPSA) is 75.7 Å². The Bertz CT molecular complexity index is 682. The highest BCUT2D eigenvalue weighted by molar-refractivity contribution is 7.89. The molecule has 0 spiro atoms. The van der Waals surface area contributed by atoms with Crippen molar-refractivity contribution in [3.8, 4) is 5.75 Å². The number of hydrogen-bond acceptors (Lipinski definition) is 4. The fourth-order valence-corrected chi connectivity index (χ4v) is 4.24. The number of methoxy groups -OCH3 is 1. The van der Waals surface area contributed by atoms with Crippen molar-refractivity contribution in [1.29, 1.82) is 0 Å². The van der Waals surface area contributed by atoms with E-state index in [0.29, 0.717) is 24.4 Å². The van der Waals surface area contributed by atoms with Crippen LogP contribution in [0.2, 0.25) is 0 Å². The van der Waals surface area contributed by atoms with Gasteiger partial charge in [0, 0.05) is 19.1 Å². The summed E-state index contributed by atoms with van der Waals surface area (Å²) in [5.41, 5.74) is 0.297. The summed E-state index contributed by atoms with van der Waals surface area (Å²) in [6.07, 6.45) is 3.60. The van der Waals surface area contributed by atoms with Gasteiger partial charge < -0.3 is 9.64 Å². The average molecular weight is 354 g/mol. The Labute approximate surface area is 144 Å². The van der Waals surface area contributed by atoms with Crippen LogP contribution < -0.4 is 9.46 Å². The number of nitrogens with zero attached hydrogens (tertiary/aromatic N) is 1. The zero-order chi connectivity index (χ0) is 17.7. The highest BCUT2D eigenvalue weighted by Gasteiger charge is 2.25. The Kier molecular flexibility index (Phi) is 6.23. The van der Waals surface area contributed by atoms with Crippen molar-refractivity contribution < 1.29 is 17.9 Å². The minimum atomic E-state index is -3.66. The monoisotopic (exact) mass is 354 g/mol. The van der Waals surface area contributed by atoms with Gasteiger partial charge in [0.25, 0.3) is 5.91 Å². The molecule has 1 aromatic rings. The van der Waals surface area contributed by atoms with Gasteiger partial charge in [-0.3, -0.25) is 4.79 Å². The SMILES string of the molecule is CCC[C@@H](C)NS(=O)(=O)c1ccc(OC)c(C(=O)N2CCCC2)c1. The van der Waals surface area contributed by atoms with Gasteiger partial charge in [0.05, 0.1) is 17.6 Å². The van der Waals surface area contributed by atoms with Gasteiger partial charge >= 0.3 is 0 Å². The summed E-state index contributed by atoms with van der Waals surface area (Å²) in [7, 11) is -2.18. The second kappa shape index (κ2) is 7.98. The lowest BCUT2D eigenvalue weighted by Gasteiger charge is -2.18. The molecule has 0 aliphatic carbocycles. The van der Waals surface area contributed by atoms with Crippen LogP contribution in [0.1, 0.15) is 49.9 Å². The minimum Gasteiger partial charge on any atom is -0.496 e. The molecule has 7 heteroatoms. The third kappa shape index (κ3) is 4.27. The Hall–Kier alpha value is -1.60. The van der Waals surface area contributed by atoms with Gasteiger partial charge in [-0.05, 0) is 44.4 Å². The molecule has 0 saturated carbocycles. The van der Waals surface area contributed by atoms with Gasteiger partial charge in [0.15, 0.2) is 0 Å². The smallest absolute Gasteiger partial charge is 0.257 e. The number of rotatable bonds is 7. The number of hydrogen-bond donors (Lipinski definition) is 1. The summed E-state index contributed by atoms with van der Waals surface area (Å²) in [6.45, 7) is 5.24. The van der Waals surface area contributed by atoms with E-state index in [2.05, 4.69) is 4.72 Å². The summed E-state index contributed by atoms with van der Waals surface area (Å²) in [6, 6.07) is 4.28. The van der Waals surface area contributed by atoms with Crippen LogP contribution >= 0.6 is 0 Å². The first-order valence-corrected chi connectivity index (χ1v) is 9.87. The van der Waals surface area contributed by atoms with E-state index in [1.54, 1.807) is 11.0 Å². The van der Waals surface area contributed by atoms with Crippen molar-refractivity contribution in [2.75, 3.05) is 20.2 Å². The van der Waals surface area contributed by atoms with Crippen molar-refractivity contribution in [3.05, 3.63) is 23.8 Å². The van der Waals surface area contributed by atoms with Gasteiger partial charge in [-0.15, -0.1) is 0 Å². The van der Waals surface area contributed by atoms with Crippen LogP contribution in [0.5, 0.6) is 5.75 Å². The molecule has 1 aliphatic rings. The second-order valence-corrected chi connectivity index (χ2v) is 7.89. The molecule has 0 unspecified atom stereocenters. The van der Waals surface area contributed by atoms with E-state index in [1.165, 1.54) is 19.2 Å². The summed E-state index contributed by atoms with van der Waals surface area (Å²) in [5.74, 6) is 0.218. The van der Waals surface area contributed by atoms with Crippen LogP contribution in [0.4, 0.5) is 0 Å². The fraction of sp³-hybridized carbons (Fsp3) is 0.588. The van der Waals surface area contributed by atoms with Gasteiger partial charge in [-0.2, -0.15) is 0 Å². The molecule has 1 atom stereocenters. The number of benzene rings is 1. The lowest BCUT2D eigenvalue weighted by molar-refractivity contribution is 0.0789. The Balaban J connectivity index is 2.32. The highest BCUT2D eigenvalue weighted by atomic mass is 32.2. The van der Waals surface area contributed by atoms with Crippen molar-refractivity contribution in [2.45, 2.75) is 50.5 Å². The summed E-state index contributed by atoms with van der Waals surface area (Å²) in [5, 5.41) is 0. The maximum Gasteiger partial charge on any atom is 0.257 e. The maximum atomic E-state index is 12.7. The third-order valence-electron chi connectivity index (χ3n) is 4.18. The largest absolute Gasteiger partial charge is 0.496 e. The Morgan fingerprint density at radius 3 is 2.58 bits per heavy atom. The molecular weight excluding hydrogens is 328 g/mol. The molecule has 6 nitrogen and oxygen atoms in total. The molecular formula is C17H26N2O4S. The van der Waals surface area contributed by atoms with Gasteiger partial charge in [0.1, 0.15) is 5.75 Å². The zero-order valence-electron chi connectivity index (χ0n) is 14.5. The molecule has 1 saturated heterocycles. The van der Waals surface area contributed by atoms with Crippen molar-refractivity contribution >= 4 is 15.9 Å². The van der Waals surface area contributed by atoms with E-state index in [0.717, 1.165) is 25.7 Å². The number of carbonyl (C=O) groups is 1. The molecule has 1 aliphatic heterocycles. The summed E-state index contributed by atoms with van der Waals surface area (Å²) in [4.78, 5) is 14.5. The maximum absolute atomic E-state index is 12.7. The number of carbonyl (C=O) groups excluding carboxylic acids is 1. The van der Waals surface area contributed by atoms with E-state index < -0.39 is 10.0 Å². The van der Waals surface area contributed by atoms with E-state index in [9.17, 15) is 13.2 Å². The van der Waals surface area contributed by atoms with Crippen LogP contribution in [-0.4, -0.2) is 45.5 Å². The summed E-state index contributed by atoms with van der Waals surface area (Å²) < 4.78 is 33.0. The minimum absolute atomic E-state index is 0.0915. The number of likely N-dealkylation sites (tertiary alicyclic amines) is 1. The first-order chi connectivity index (χ1) is 11.4. The number of nitrogens with one attached hydrogen (secondary N) is 1. The molecule has 1 N–H and O–H groups in total. The first-order valence-electron chi connectivity index (χ1n) is 8.38. The molecule has 0 aromatic heterocycles. The highest BCUT2D eigenvalue weighted by Crippen LogP contribution is 2.25. The van der Waals surface area contributed by atoms with E-state index in [-0.39, 0.29) is 16.8 Å². The van der Waals surface area contributed by atoms with Gasteiger partial charge in [0.2, 0.25) is 10.0 Å². The molecule has 0 bridgehead atoms. The zero-order valence-corrected chi connectivity index (χ0v) is 15.4. The van der Waals surface area contributed by atoms with Crippen LogP contribution in [0.15, 0.2) is 23.1 Å². The van der Waals surface area contributed by atoms with Gasteiger partial charge in [-0.1, -0.05) is 13.3 Å². The van der Waals surface area contributed by atoms with Crippen molar-refractivity contribution in [3.63, 3.8) is 0 Å². The molecule has 24 heavy (non-hydrogen) atoms. The molecule has 1 fully saturated rings. The van der Waals surface area contributed by atoms with Crippen molar-refractivity contribution in [1.82, 2.24) is 9.62 Å². The number of ether oxygens (including phenoxy) is 1. The number of amides is 1. The number of sulfonamides is 1. The predicted molar refractivity (Wildman–Crippen MR) is 92.8 cm³/mol. The molecule has 2 rings (SSSR count).